The molecule has 15 heteroatoms. The topological polar surface area (TPSA) is 153 Å². The van der Waals surface area contributed by atoms with Gasteiger partial charge < -0.3 is 29.4 Å². The number of methoxy groups -OCH3 is 1. The van der Waals surface area contributed by atoms with Gasteiger partial charge in [0.15, 0.2) is 0 Å². The number of carbonyl (C=O) groups excluding carboxylic acids is 2. The number of aromatic amines is 1. The van der Waals surface area contributed by atoms with E-state index in [2.05, 4.69) is 15.0 Å². The van der Waals surface area contributed by atoms with Crippen molar-refractivity contribution in [3.63, 3.8) is 0 Å². The molecule has 51 heavy (non-hydrogen) atoms. The average Bonchev–Trinajstić information content (AvgIpc) is 3.09. The van der Waals surface area contributed by atoms with Gasteiger partial charge in [-0.1, -0.05) is 38.5 Å². The molecule has 0 radical (unpaired) electrons. The molecule has 1 unspecified atom stereocenters. The molecule has 0 saturated carbocycles. The van der Waals surface area contributed by atoms with Crippen LogP contribution in [0.15, 0.2) is 71.7 Å². The second kappa shape index (κ2) is 16.9. The zero-order valence-corrected chi connectivity index (χ0v) is 28.5. The van der Waals surface area contributed by atoms with Gasteiger partial charge >= 0.3 is 12.3 Å². The highest BCUT2D eigenvalue weighted by atomic mass is 19.4. The van der Waals surface area contributed by atoms with Crippen LogP contribution in [0, 0.1) is 10.1 Å². The number of hydrogen-bond donors (Lipinski definition) is 2. The smallest absolute Gasteiger partial charge is 0.496 e. The van der Waals surface area contributed by atoms with E-state index in [4.69, 9.17) is 9.47 Å². The summed E-state index contributed by atoms with van der Waals surface area (Å²) in [5.41, 5.74) is 0.480. The van der Waals surface area contributed by atoms with Gasteiger partial charge in [0, 0.05) is 55.0 Å². The van der Waals surface area contributed by atoms with Gasteiger partial charge in [0.25, 0.3) is 11.2 Å². The third kappa shape index (κ3) is 10.2. The molecule has 0 saturated heterocycles. The number of benzene rings is 3. The molecule has 0 aliphatic carbocycles. The fourth-order valence-electron chi connectivity index (χ4n) is 5.52. The van der Waals surface area contributed by atoms with Crippen LogP contribution in [-0.4, -0.2) is 53.8 Å². The Morgan fingerprint density at radius 1 is 1.06 bits per heavy atom. The van der Waals surface area contributed by atoms with Crippen LogP contribution in [-0.2, 0) is 20.9 Å². The van der Waals surface area contributed by atoms with Gasteiger partial charge in [0.1, 0.15) is 17.5 Å². The van der Waals surface area contributed by atoms with Gasteiger partial charge in [-0.25, -0.2) is 0 Å². The van der Waals surface area contributed by atoms with Crippen LogP contribution in [0.4, 0.5) is 24.5 Å². The molecule has 2 atom stereocenters. The summed E-state index contributed by atoms with van der Waals surface area (Å²) in [6.07, 6.45) is -1.22. The molecule has 0 bridgehead atoms. The first-order chi connectivity index (χ1) is 24.2. The molecule has 0 aliphatic heterocycles. The standard InChI is InChI=1S/C36H39F3N4O8/c1-5-6-17-50-32(44)14-7-22(2)28-12-9-24(19-31(28)49-4)33(41-26-10-8-23-15-16-40-34(45)29(23)20-26)35(46)42(3)21-25-18-27(43(47)48)11-13-30(25)51-36(37,38)39/h8-13,15-16,18-20,22,33,41H,5-7,14,17,21H2,1-4H3,(H,40,45)/t22-,33?/m0/s1. The molecule has 0 spiro atoms. The monoisotopic (exact) mass is 712 g/mol. The highest BCUT2D eigenvalue weighted by Crippen LogP contribution is 2.35. The number of fused-ring (bicyclic) bond motifs is 1. The van der Waals surface area contributed by atoms with E-state index >= 15 is 0 Å². The molecule has 4 aromatic rings. The van der Waals surface area contributed by atoms with E-state index in [1.165, 1.54) is 20.4 Å². The maximum absolute atomic E-state index is 14.2. The van der Waals surface area contributed by atoms with Crippen molar-refractivity contribution >= 4 is 34.0 Å². The maximum Gasteiger partial charge on any atom is 0.573 e. The molecule has 1 heterocycles. The summed E-state index contributed by atoms with van der Waals surface area (Å²) < 4.78 is 54.7. The number of rotatable bonds is 16. The number of hydrogen-bond acceptors (Lipinski definition) is 9. The number of carbonyl (C=O) groups is 2. The highest BCUT2D eigenvalue weighted by molar-refractivity contribution is 5.89. The number of nitro groups is 1. The summed E-state index contributed by atoms with van der Waals surface area (Å²) in [5, 5.41) is 15.6. The molecule has 12 nitrogen and oxygen atoms in total. The maximum atomic E-state index is 14.2. The van der Waals surface area contributed by atoms with E-state index in [1.54, 1.807) is 42.5 Å². The summed E-state index contributed by atoms with van der Waals surface area (Å²) in [5.74, 6) is -1.33. The van der Waals surface area contributed by atoms with Crippen molar-refractivity contribution < 1.29 is 41.9 Å². The largest absolute Gasteiger partial charge is 0.573 e. The molecule has 272 valence electrons. The Morgan fingerprint density at radius 2 is 1.82 bits per heavy atom. The van der Waals surface area contributed by atoms with Crippen LogP contribution >= 0.6 is 0 Å². The number of pyridine rings is 1. The SMILES string of the molecule is CCCCOC(=O)CC[C@H](C)c1ccc(C(Nc2ccc3cc[nH]c(=O)c3c2)C(=O)N(C)Cc2cc([N+](=O)[O-])ccc2OC(F)(F)F)cc1OC. The Morgan fingerprint density at radius 3 is 2.51 bits per heavy atom. The van der Waals surface area contributed by atoms with E-state index < -0.39 is 41.2 Å². The number of H-pyrrole nitrogens is 1. The minimum atomic E-state index is -5.09. The van der Waals surface area contributed by atoms with Crippen molar-refractivity contribution in [2.45, 2.75) is 64.4 Å². The number of amides is 1. The number of non-ortho nitro benzene ring substituents is 1. The lowest BCUT2D eigenvalue weighted by atomic mass is 9.92. The van der Waals surface area contributed by atoms with Gasteiger partial charge in [0.05, 0.1) is 18.6 Å². The Bertz CT molecular complexity index is 1930. The number of aromatic nitrogens is 1. The number of likely N-dealkylation sites (N-methyl/N-ethyl adjacent to an activating group) is 1. The van der Waals surface area contributed by atoms with Crippen LogP contribution in [0.2, 0.25) is 0 Å². The number of ether oxygens (including phenoxy) is 3. The van der Waals surface area contributed by atoms with Crippen LogP contribution in [0.3, 0.4) is 0 Å². The third-order valence-electron chi connectivity index (χ3n) is 8.26. The number of alkyl halides is 3. The second-order valence-electron chi connectivity index (χ2n) is 12.0. The van der Waals surface area contributed by atoms with E-state index in [9.17, 15) is 37.7 Å². The lowest BCUT2D eigenvalue weighted by Gasteiger charge is -2.27. The molecule has 0 aliphatic rings. The lowest BCUT2D eigenvalue weighted by molar-refractivity contribution is -0.385. The van der Waals surface area contributed by atoms with E-state index in [0.717, 1.165) is 41.5 Å². The molecule has 4 rings (SSSR count). The van der Waals surface area contributed by atoms with Crippen molar-refractivity contribution in [3.05, 3.63) is 104 Å². The van der Waals surface area contributed by atoms with Crippen molar-refractivity contribution in [1.29, 1.82) is 0 Å². The summed E-state index contributed by atoms with van der Waals surface area (Å²) in [4.78, 5) is 53.4. The number of halogens is 3. The Balaban J connectivity index is 1.69. The number of nitro benzene ring substituents is 1. The summed E-state index contributed by atoms with van der Waals surface area (Å²) in [7, 11) is 2.80. The highest BCUT2D eigenvalue weighted by Gasteiger charge is 2.33. The minimum absolute atomic E-state index is 0.134. The minimum Gasteiger partial charge on any atom is -0.496 e. The van der Waals surface area contributed by atoms with Crippen LogP contribution in [0.5, 0.6) is 11.5 Å². The number of nitrogens with one attached hydrogen (secondary N) is 2. The van der Waals surface area contributed by atoms with Gasteiger partial charge in [-0.3, -0.25) is 24.5 Å². The second-order valence-corrected chi connectivity index (χ2v) is 12.0. The summed E-state index contributed by atoms with van der Waals surface area (Å²) in [6, 6.07) is 13.2. The number of nitrogens with zero attached hydrogens (tertiary/aromatic N) is 2. The molecule has 2 N–H and O–H groups in total. The Kier molecular flexibility index (Phi) is 12.6. The van der Waals surface area contributed by atoms with Gasteiger partial charge in [-0.2, -0.15) is 0 Å². The summed E-state index contributed by atoms with van der Waals surface area (Å²) in [6.45, 7) is 3.81. The van der Waals surface area contributed by atoms with Crippen LogP contribution < -0.4 is 20.3 Å². The molecule has 0 fully saturated rings. The van der Waals surface area contributed by atoms with E-state index in [0.29, 0.717) is 40.8 Å². The first-order valence-corrected chi connectivity index (χ1v) is 16.2. The van der Waals surface area contributed by atoms with Crippen molar-refractivity contribution in [1.82, 2.24) is 9.88 Å². The predicted molar refractivity (Wildman–Crippen MR) is 184 cm³/mol. The van der Waals surface area contributed by atoms with Crippen molar-refractivity contribution in [3.8, 4) is 11.5 Å². The fourth-order valence-corrected chi connectivity index (χ4v) is 5.52. The third-order valence-corrected chi connectivity index (χ3v) is 8.26. The van der Waals surface area contributed by atoms with Crippen molar-refractivity contribution in [2.24, 2.45) is 0 Å². The Hall–Kier alpha value is -5.60. The molecular weight excluding hydrogens is 673 g/mol. The van der Waals surface area contributed by atoms with Gasteiger partial charge in [-0.15, -0.1) is 13.2 Å². The summed E-state index contributed by atoms with van der Waals surface area (Å²) >= 11 is 0. The number of unbranched alkanes of at least 4 members (excludes halogenated alkanes) is 1. The van der Waals surface area contributed by atoms with Gasteiger partial charge in [-0.05, 0) is 65.6 Å². The Labute approximate surface area is 291 Å². The normalized spacial score (nSPS) is 12.5. The van der Waals surface area contributed by atoms with E-state index in [1.807, 2.05) is 13.8 Å². The van der Waals surface area contributed by atoms with Crippen molar-refractivity contribution in [2.75, 3.05) is 26.1 Å². The first-order valence-electron chi connectivity index (χ1n) is 16.2. The van der Waals surface area contributed by atoms with Crippen LogP contribution in [0.25, 0.3) is 10.8 Å². The number of esters is 1. The van der Waals surface area contributed by atoms with E-state index in [-0.39, 0.29) is 29.4 Å². The first kappa shape index (κ1) is 38.2. The zero-order chi connectivity index (χ0) is 37.3. The molecule has 3 aromatic carbocycles. The fraction of sp³-hybridized carbons (Fsp3) is 0.361. The number of anilines is 1. The zero-order valence-electron chi connectivity index (χ0n) is 28.5. The molecule has 1 amide bonds. The molecular formula is C36H39F3N4O8. The van der Waals surface area contributed by atoms with Crippen LogP contribution in [0.1, 0.15) is 68.2 Å². The lowest BCUT2D eigenvalue weighted by Crippen LogP contribution is -2.35. The predicted octanol–water partition coefficient (Wildman–Crippen LogP) is 7.38. The quantitative estimate of drug-likeness (QED) is 0.0524. The average molecular weight is 713 g/mol. The van der Waals surface area contributed by atoms with Gasteiger partial charge in [0.2, 0.25) is 5.91 Å². The molecule has 1 aromatic heterocycles.